The third-order valence-corrected chi connectivity index (χ3v) is 5.32. The van der Waals surface area contributed by atoms with Crippen LogP contribution in [0.2, 0.25) is 0 Å². The maximum absolute atomic E-state index is 13.5. The van der Waals surface area contributed by atoms with Gasteiger partial charge in [-0.1, -0.05) is 0 Å². The molecule has 4 aromatic rings. The van der Waals surface area contributed by atoms with Gasteiger partial charge in [0.1, 0.15) is 17.3 Å². The van der Waals surface area contributed by atoms with E-state index in [2.05, 4.69) is 24.9 Å². The lowest BCUT2D eigenvalue weighted by atomic mass is 10.1. The van der Waals surface area contributed by atoms with Crippen molar-refractivity contribution in [1.82, 2.24) is 29.8 Å². The number of hydrogen-bond donors (Lipinski definition) is 1. The number of anilines is 1. The predicted molar refractivity (Wildman–Crippen MR) is 118 cm³/mol. The van der Waals surface area contributed by atoms with Crippen LogP contribution in [0, 0.1) is 6.92 Å². The zero-order valence-electron chi connectivity index (χ0n) is 18.3. The molecule has 4 heterocycles. The zero-order valence-corrected chi connectivity index (χ0v) is 18.3. The van der Waals surface area contributed by atoms with Gasteiger partial charge >= 0.3 is 6.18 Å². The fourth-order valence-corrected chi connectivity index (χ4v) is 3.37. The molecule has 0 aliphatic heterocycles. The Hall–Kier alpha value is -4.15. The molecule has 34 heavy (non-hydrogen) atoms. The molecule has 2 N–H and O–H groups in total. The van der Waals surface area contributed by atoms with E-state index in [1.54, 1.807) is 38.4 Å². The summed E-state index contributed by atoms with van der Waals surface area (Å²) in [7, 11) is 0. The van der Waals surface area contributed by atoms with E-state index in [-0.39, 0.29) is 17.9 Å². The molecule has 174 valence electrons. The highest BCUT2D eigenvalue weighted by atomic mass is 19.4. The highest BCUT2D eigenvalue weighted by molar-refractivity contribution is 5.96. The molecule has 4 aromatic heterocycles. The van der Waals surface area contributed by atoms with Crippen molar-refractivity contribution in [2.45, 2.75) is 32.6 Å². The Bertz CT molecular complexity index is 1330. The van der Waals surface area contributed by atoms with Crippen LogP contribution >= 0.6 is 0 Å². The summed E-state index contributed by atoms with van der Waals surface area (Å²) in [4.78, 5) is 35.8. The van der Waals surface area contributed by atoms with Gasteiger partial charge in [-0.05, 0) is 49.7 Å². The maximum atomic E-state index is 13.5. The van der Waals surface area contributed by atoms with E-state index < -0.39 is 23.7 Å². The molecular formula is C23H20F3N7O. The number of nitrogens with zero attached hydrogens (tertiary/aromatic N) is 6. The predicted octanol–water partition coefficient (Wildman–Crippen LogP) is 4.13. The number of halogens is 3. The Balaban J connectivity index is 1.70. The number of amides is 1. The summed E-state index contributed by atoms with van der Waals surface area (Å²) in [5.41, 5.74) is 6.69. The summed E-state index contributed by atoms with van der Waals surface area (Å²) in [5.74, 6) is 0.282. The first-order valence-electron chi connectivity index (χ1n) is 10.3. The van der Waals surface area contributed by atoms with Crippen LogP contribution in [-0.2, 0) is 12.7 Å². The van der Waals surface area contributed by atoms with E-state index in [9.17, 15) is 18.0 Å². The summed E-state index contributed by atoms with van der Waals surface area (Å²) in [5, 5.41) is 0.682. The molecule has 0 saturated heterocycles. The molecular weight excluding hydrogens is 447 g/mol. The van der Waals surface area contributed by atoms with Crippen LogP contribution in [0.15, 0.2) is 55.1 Å². The molecule has 1 amide bonds. The smallest absolute Gasteiger partial charge is 0.383 e. The average Bonchev–Trinajstić information content (AvgIpc) is 2.82. The van der Waals surface area contributed by atoms with Gasteiger partial charge in [0.15, 0.2) is 0 Å². The van der Waals surface area contributed by atoms with Gasteiger partial charge in [-0.3, -0.25) is 9.78 Å². The molecule has 0 spiro atoms. The van der Waals surface area contributed by atoms with Gasteiger partial charge < -0.3 is 10.6 Å². The van der Waals surface area contributed by atoms with Gasteiger partial charge in [-0.2, -0.15) is 13.2 Å². The standard InChI is InChI=1S/C23H20F3N7O/c1-13-8-15-9-18(31-11-19(15)32-20(13)27)22(34)33(14(2)21-28-6-3-7-29-21)12-17-5-4-16(10-30-17)23(24,25)26/h3-11,14H,12H2,1-2H3,(H2,27,32). The summed E-state index contributed by atoms with van der Waals surface area (Å²) >= 11 is 0. The van der Waals surface area contributed by atoms with Gasteiger partial charge in [0.25, 0.3) is 5.91 Å². The quantitative estimate of drug-likeness (QED) is 0.470. The third-order valence-electron chi connectivity index (χ3n) is 5.32. The molecule has 0 saturated carbocycles. The maximum Gasteiger partial charge on any atom is 0.417 e. The van der Waals surface area contributed by atoms with Crippen molar-refractivity contribution >= 4 is 22.6 Å². The molecule has 0 bridgehead atoms. The number of carbonyl (C=O) groups is 1. The topological polar surface area (TPSA) is 111 Å². The van der Waals surface area contributed by atoms with Gasteiger partial charge in [0.05, 0.1) is 35.6 Å². The first kappa shape index (κ1) is 23.0. The number of alkyl halides is 3. The van der Waals surface area contributed by atoms with Crippen molar-refractivity contribution in [1.29, 1.82) is 0 Å². The molecule has 0 radical (unpaired) electrons. The molecule has 0 aliphatic carbocycles. The van der Waals surface area contributed by atoms with Crippen LogP contribution < -0.4 is 5.73 Å². The lowest BCUT2D eigenvalue weighted by Gasteiger charge is -2.28. The van der Waals surface area contributed by atoms with E-state index in [0.29, 0.717) is 22.5 Å². The van der Waals surface area contributed by atoms with Gasteiger partial charge in [0, 0.05) is 24.0 Å². The molecule has 8 nitrogen and oxygen atoms in total. The summed E-state index contributed by atoms with van der Waals surface area (Å²) < 4.78 is 38.8. The fraction of sp³-hybridized carbons (Fsp3) is 0.217. The van der Waals surface area contributed by atoms with Crippen LogP contribution in [0.5, 0.6) is 0 Å². The molecule has 4 rings (SSSR count). The largest absolute Gasteiger partial charge is 0.417 e. The SMILES string of the molecule is Cc1cc2cc(C(=O)N(Cc3ccc(C(F)(F)F)cn3)C(C)c3ncccn3)ncc2nc1N. The Labute approximate surface area is 192 Å². The number of nitrogen functional groups attached to an aromatic ring is 1. The van der Waals surface area contributed by atoms with E-state index in [1.807, 2.05) is 6.07 Å². The summed E-state index contributed by atoms with van der Waals surface area (Å²) in [6.45, 7) is 3.46. The summed E-state index contributed by atoms with van der Waals surface area (Å²) in [6.07, 6.45) is 0.790. The number of hydrogen-bond acceptors (Lipinski definition) is 7. The summed E-state index contributed by atoms with van der Waals surface area (Å²) in [6, 6.07) is 6.62. The average molecular weight is 467 g/mol. The van der Waals surface area contributed by atoms with Gasteiger partial charge in [-0.25, -0.2) is 19.9 Å². The molecule has 0 aromatic carbocycles. The first-order valence-corrected chi connectivity index (χ1v) is 10.3. The van der Waals surface area contributed by atoms with Crippen molar-refractivity contribution in [3.05, 3.63) is 83.5 Å². The Kier molecular flexibility index (Phi) is 6.10. The number of rotatable bonds is 5. The molecule has 0 fully saturated rings. The van der Waals surface area contributed by atoms with Crippen LogP contribution in [0.3, 0.4) is 0 Å². The number of pyridine rings is 3. The van der Waals surface area contributed by atoms with Crippen molar-refractivity contribution in [3.63, 3.8) is 0 Å². The Morgan fingerprint density at radius 3 is 2.47 bits per heavy atom. The van der Waals surface area contributed by atoms with Crippen LogP contribution in [0.4, 0.5) is 19.0 Å². The van der Waals surface area contributed by atoms with Gasteiger partial charge in [-0.15, -0.1) is 0 Å². The minimum atomic E-state index is -4.50. The molecule has 1 unspecified atom stereocenters. The van der Waals surface area contributed by atoms with E-state index in [0.717, 1.165) is 17.8 Å². The second-order valence-corrected chi connectivity index (χ2v) is 7.70. The normalized spacial score (nSPS) is 12.5. The minimum Gasteiger partial charge on any atom is -0.383 e. The molecule has 11 heteroatoms. The highest BCUT2D eigenvalue weighted by Gasteiger charge is 2.31. The van der Waals surface area contributed by atoms with Crippen LogP contribution in [0.1, 0.15) is 46.1 Å². The second kappa shape index (κ2) is 9.00. The number of carbonyl (C=O) groups excluding carboxylic acids is 1. The second-order valence-electron chi connectivity index (χ2n) is 7.70. The lowest BCUT2D eigenvalue weighted by molar-refractivity contribution is -0.137. The molecule has 1 atom stereocenters. The van der Waals surface area contributed by atoms with Crippen molar-refractivity contribution in [2.75, 3.05) is 5.73 Å². The van der Waals surface area contributed by atoms with Crippen LogP contribution in [0.25, 0.3) is 10.9 Å². The van der Waals surface area contributed by atoms with Crippen molar-refractivity contribution < 1.29 is 18.0 Å². The Morgan fingerprint density at radius 1 is 1.09 bits per heavy atom. The fourth-order valence-electron chi connectivity index (χ4n) is 3.37. The zero-order chi connectivity index (χ0) is 24.5. The van der Waals surface area contributed by atoms with E-state index in [4.69, 9.17) is 5.73 Å². The van der Waals surface area contributed by atoms with Gasteiger partial charge in [0.2, 0.25) is 0 Å². The first-order chi connectivity index (χ1) is 16.1. The van der Waals surface area contributed by atoms with E-state index in [1.165, 1.54) is 17.2 Å². The number of aromatic nitrogens is 5. The van der Waals surface area contributed by atoms with Crippen LogP contribution in [-0.4, -0.2) is 35.7 Å². The number of fused-ring (bicyclic) bond motifs is 1. The van der Waals surface area contributed by atoms with Crippen molar-refractivity contribution in [2.24, 2.45) is 0 Å². The third kappa shape index (κ3) is 4.77. The van der Waals surface area contributed by atoms with Crippen molar-refractivity contribution in [3.8, 4) is 0 Å². The minimum absolute atomic E-state index is 0.0743. The number of aryl methyl sites for hydroxylation is 1. The lowest BCUT2D eigenvalue weighted by Crippen LogP contribution is -2.35. The number of nitrogens with two attached hydrogens (primary N) is 1. The van der Waals surface area contributed by atoms with E-state index >= 15 is 0 Å². The highest BCUT2D eigenvalue weighted by Crippen LogP contribution is 2.29. The monoisotopic (exact) mass is 467 g/mol. The Morgan fingerprint density at radius 2 is 1.82 bits per heavy atom. The molecule has 0 aliphatic rings.